The molecule has 182 valence electrons. The predicted molar refractivity (Wildman–Crippen MR) is 127 cm³/mol. The largest absolute Gasteiger partial charge is 0.326 e. The van der Waals surface area contributed by atoms with E-state index < -0.39 is 62.6 Å². The number of benzene rings is 2. The highest BCUT2D eigenvalue weighted by Crippen LogP contribution is 2.65. The van der Waals surface area contributed by atoms with Crippen molar-refractivity contribution in [1.29, 1.82) is 0 Å². The lowest BCUT2D eigenvalue weighted by Crippen LogP contribution is -2.19. The molecule has 2 amide bonds. The van der Waals surface area contributed by atoms with Gasteiger partial charge >= 0.3 is 0 Å². The zero-order valence-electron chi connectivity index (χ0n) is 17.0. The summed E-state index contributed by atoms with van der Waals surface area (Å²) in [5.41, 5.74) is -0.579. The molecule has 4 rings (SSSR count). The normalized spacial score (nSPS) is 18.2. The molecular weight excluding hydrogens is 631 g/mol. The Hall–Kier alpha value is -2.51. The number of pyridine rings is 1. The van der Waals surface area contributed by atoms with Crippen LogP contribution in [0, 0.1) is 38.6 Å². The van der Waals surface area contributed by atoms with Gasteiger partial charge in [0.1, 0.15) is 21.8 Å². The number of aromatic nitrogens is 1. The first-order valence-corrected chi connectivity index (χ1v) is 11.5. The summed E-state index contributed by atoms with van der Waals surface area (Å²) in [6.45, 7) is 0. The topological polar surface area (TPSA) is 71.1 Å². The number of hydrogen-bond acceptors (Lipinski definition) is 3. The van der Waals surface area contributed by atoms with Gasteiger partial charge in [0.05, 0.1) is 21.2 Å². The molecule has 1 aliphatic rings. The number of hydrogen-bond donors (Lipinski definition) is 2. The van der Waals surface area contributed by atoms with Crippen LogP contribution in [0.25, 0.3) is 0 Å². The predicted octanol–water partition coefficient (Wildman–Crippen LogP) is 6.16. The first-order chi connectivity index (χ1) is 16.4. The third-order valence-electron chi connectivity index (χ3n) is 5.22. The van der Waals surface area contributed by atoms with Gasteiger partial charge in [0.15, 0.2) is 17.5 Å². The number of nitrogens with one attached hydrogen (secondary N) is 2. The average molecular weight is 642 g/mol. The molecule has 0 bridgehead atoms. The van der Waals surface area contributed by atoms with Crippen LogP contribution in [0.4, 0.5) is 33.5 Å². The maximum Gasteiger partial charge on any atom is 0.259 e. The molecule has 13 heteroatoms. The van der Waals surface area contributed by atoms with Crippen molar-refractivity contribution in [2.75, 3.05) is 10.6 Å². The number of carbonyl (C=O) groups excluding carboxylic acids is 2. The van der Waals surface area contributed by atoms with Crippen molar-refractivity contribution in [3.05, 3.63) is 86.4 Å². The van der Waals surface area contributed by atoms with Crippen molar-refractivity contribution in [2.24, 2.45) is 5.92 Å². The molecule has 0 aliphatic heterocycles. The van der Waals surface area contributed by atoms with Crippen LogP contribution in [0.2, 0.25) is 0 Å². The van der Waals surface area contributed by atoms with Gasteiger partial charge in [-0.25, -0.2) is 26.9 Å². The van der Waals surface area contributed by atoms with E-state index in [1.165, 1.54) is 6.07 Å². The van der Waals surface area contributed by atoms with E-state index in [4.69, 9.17) is 23.2 Å². The minimum atomic E-state index is -1.74. The van der Waals surface area contributed by atoms with Crippen molar-refractivity contribution < 1.29 is 31.5 Å². The molecule has 1 heterocycles. The fraction of sp³-hybridized carbons (Fsp3) is 0.136. The number of amides is 2. The lowest BCUT2D eigenvalue weighted by atomic mass is 10.1. The summed E-state index contributed by atoms with van der Waals surface area (Å²) in [6.07, 6.45) is 0.875. The Morgan fingerprint density at radius 2 is 1.60 bits per heavy atom. The Bertz CT molecular complexity index is 1350. The van der Waals surface area contributed by atoms with Gasteiger partial charge in [-0.2, -0.15) is 0 Å². The smallest absolute Gasteiger partial charge is 0.259 e. The lowest BCUT2D eigenvalue weighted by molar-refractivity contribution is -0.117. The number of carbonyl (C=O) groups is 2. The SMILES string of the molecule is O=C(Nc1ncc(F)cc1I)c1cc(NC(=O)C2C(c3cc(F)c(F)c(F)c3)C2(Cl)Cl)ccc1F. The second-order valence-electron chi connectivity index (χ2n) is 7.55. The van der Waals surface area contributed by atoms with Crippen LogP contribution in [0.1, 0.15) is 21.8 Å². The third kappa shape index (κ3) is 5.07. The van der Waals surface area contributed by atoms with Gasteiger partial charge in [-0.15, -0.1) is 23.2 Å². The summed E-state index contributed by atoms with van der Waals surface area (Å²) in [5.74, 6) is -10.1. The summed E-state index contributed by atoms with van der Waals surface area (Å²) >= 11 is 14.0. The third-order valence-corrected chi connectivity index (χ3v) is 6.98. The second kappa shape index (κ2) is 9.51. The fourth-order valence-corrected chi connectivity index (χ4v) is 4.90. The van der Waals surface area contributed by atoms with Crippen LogP contribution in [-0.2, 0) is 4.79 Å². The van der Waals surface area contributed by atoms with Gasteiger partial charge in [-0.3, -0.25) is 9.59 Å². The molecule has 0 radical (unpaired) electrons. The highest BCUT2D eigenvalue weighted by Gasteiger charge is 2.67. The van der Waals surface area contributed by atoms with Crippen molar-refractivity contribution in [3.63, 3.8) is 0 Å². The van der Waals surface area contributed by atoms with E-state index in [0.29, 0.717) is 12.1 Å². The van der Waals surface area contributed by atoms with Gasteiger partial charge in [0, 0.05) is 11.6 Å². The van der Waals surface area contributed by atoms with Gasteiger partial charge < -0.3 is 10.6 Å². The van der Waals surface area contributed by atoms with Crippen molar-refractivity contribution in [3.8, 4) is 0 Å². The monoisotopic (exact) mass is 641 g/mol. The molecular formula is C22H11Cl2F5IN3O2. The summed E-state index contributed by atoms with van der Waals surface area (Å²) in [7, 11) is 0. The lowest BCUT2D eigenvalue weighted by Gasteiger charge is -2.10. The van der Waals surface area contributed by atoms with Crippen LogP contribution in [0.15, 0.2) is 42.6 Å². The molecule has 3 aromatic rings. The summed E-state index contributed by atoms with van der Waals surface area (Å²) in [5, 5.41) is 4.77. The van der Waals surface area contributed by atoms with E-state index in [-0.39, 0.29) is 20.6 Å². The number of halogens is 8. The molecule has 0 saturated heterocycles. The molecule has 1 saturated carbocycles. The van der Waals surface area contributed by atoms with E-state index in [0.717, 1.165) is 24.4 Å². The van der Waals surface area contributed by atoms with Gasteiger partial charge in [-0.1, -0.05) is 0 Å². The molecule has 2 atom stereocenters. The van der Waals surface area contributed by atoms with Crippen LogP contribution in [0.5, 0.6) is 0 Å². The maximum atomic E-state index is 14.3. The second-order valence-corrected chi connectivity index (χ2v) is 10.2. The minimum absolute atomic E-state index is 0.000475. The number of nitrogens with zero attached hydrogens (tertiary/aromatic N) is 1. The Kier molecular flexibility index (Phi) is 6.95. The molecule has 2 N–H and O–H groups in total. The highest BCUT2D eigenvalue weighted by molar-refractivity contribution is 14.1. The van der Waals surface area contributed by atoms with E-state index in [1.807, 2.05) is 0 Å². The Morgan fingerprint density at radius 3 is 2.23 bits per heavy atom. The molecule has 1 fully saturated rings. The maximum absolute atomic E-state index is 14.3. The number of alkyl halides is 2. The fourth-order valence-electron chi connectivity index (χ4n) is 3.50. The number of anilines is 2. The van der Waals surface area contributed by atoms with E-state index in [2.05, 4.69) is 15.6 Å². The van der Waals surface area contributed by atoms with Crippen molar-refractivity contribution in [1.82, 2.24) is 4.98 Å². The quantitative estimate of drug-likeness (QED) is 0.152. The minimum Gasteiger partial charge on any atom is -0.326 e. The van der Waals surface area contributed by atoms with Gasteiger partial charge in [-0.05, 0) is 64.6 Å². The zero-order valence-corrected chi connectivity index (χ0v) is 20.7. The van der Waals surface area contributed by atoms with Crippen LogP contribution in [-0.4, -0.2) is 21.1 Å². The van der Waals surface area contributed by atoms with Gasteiger partial charge in [0.25, 0.3) is 5.91 Å². The standard InChI is InChI=1S/C22H11Cl2F5IN3O2/c23-22(24)16(8-3-13(27)18(29)14(28)4-8)17(22)21(35)32-10-1-2-12(26)11(6-10)20(34)33-19-15(30)5-9(25)7-31-19/h1-7,16-17H,(H,32,35)(H,31,33,34). The molecule has 2 unspecified atom stereocenters. The number of rotatable bonds is 5. The average Bonchev–Trinajstić information content (AvgIpc) is 3.37. The van der Waals surface area contributed by atoms with E-state index >= 15 is 0 Å². The zero-order chi connectivity index (χ0) is 25.7. The molecule has 1 aliphatic carbocycles. The highest BCUT2D eigenvalue weighted by atomic mass is 127. The Morgan fingerprint density at radius 1 is 0.943 bits per heavy atom. The van der Waals surface area contributed by atoms with Crippen LogP contribution in [0.3, 0.4) is 0 Å². The van der Waals surface area contributed by atoms with E-state index in [1.54, 1.807) is 22.6 Å². The van der Waals surface area contributed by atoms with Crippen molar-refractivity contribution >= 4 is 69.1 Å². The van der Waals surface area contributed by atoms with Crippen LogP contribution < -0.4 is 10.6 Å². The van der Waals surface area contributed by atoms with E-state index in [9.17, 15) is 31.5 Å². The molecule has 35 heavy (non-hydrogen) atoms. The molecule has 0 spiro atoms. The Labute approximate surface area is 218 Å². The first-order valence-electron chi connectivity index (χ1n) is 9.65. The molecule has 1 aromatic heterocycles. The van der Waals surface area contributed by atoms with Gasteiger partial charge in [0.2, 0.25) is 5.91 Å². The first kappa shape index (κ1) is 25.6. The molecule has 2 aromatic carbocycles. The Balaban J connectivity index is 1.52. The summed E-state index contributed by atoms with van der Waals surface area (Å²) in [6, 6.07) is 5.64. The van der Waals surface area contributed by atoms with Crippen LogP contribution >= 0.6 is 45.8 Å². The summed E-state index contributed by atoms with van der Waals surface area (Å²) in [4.78, 5) is 29.0. The molecule has 5 nitrogen and oxygen atoms in total. The van der Waals surface area contributed by atoms with Crippen molar-refractivity contribution in [2.45, 2.75) is 10.3 Å². The summed E-state index contributed by atoms with van der Waals surface area (Å²) < 4.78 is 66.5.